The Morgan fingerprint density at radius 3 is 2.66 bits per heavy atom. The number of hydrogen-bond acceptors (Lipinski definition) is 5. The highest BCUT2D eigenvalue weighted by Gasteiger charge is 2.25. The molecule has 0 N–H and O–H groups in total. The average Bonchev–Trinajstić information content (AvgIpc) is 3.14. The number of fused-ring (bicyclic) bond motifs is 1. The molecule has 0 aliphatic carbocycles. The Bertz CT molecular complexity index is 1040. The van der Waals surface area contributed by atoms with Gasteiger partial charge >= 0.3 is 0 Å². The van der Waals surface area contributed by atoms with Gasteiger partial charge in [-0.2, -0.15) is 0 Å². The lowest BCUT2D eigenvalue weighted by molar-refractivity contribution is 0.0391. The number of aromatic nitrogens is 1. The summed E-state index contributed by atoms with van der Waals surface area (Å²) in [5.41, 5.74) is 1.09. The molecule has 152 valence electrons. The first kappa shape index (κ1) is 20.8. The first-order chi connectivity index (χ1) is 14.0. The summed E-state index contributed by atoms with van der Waals surface area (Å²) < 4.78 is 6.34. The molecule has 1 aliphatic heterocycles. The van der Waals surface area contributed by atoms with Gasteiger partial charge in [0.05, 0.1) is 33.5 Å². The van der Waals surface area contributed by atoms with Crippen molar-refractivity contribution in [2.45, 2.75) is 0 Å². The molecule has 4 rings (SSSR count). The van der Waals surface area contributed by atoms with E-state index in [9.17, 15) is 4.79 Å². The van der Waals surface area contributed by atoms with E-state index >= 15 is 0 Å². The molecule has 1 aromatic heterocycles. The van der Waals surface area contributed by atoms with Gasteiger partial charge in [0.2, 0.25) is 0 Å². The number of para-hydroxylation sites is 1. The smallest absolute Gasteiger partial charge is 0.261 e. The van der Waals surface area contributed by atoms with E-state index in [-0.39, 0.29) is 5.91 Å². The summed E-state index contributed by atoms with van der Waals surface area (Å²) in [6.45, 7) is 4.28. The topological polar surface area (TPSA) is 45.7 Å². The Labute approximate surface area is 187 Å². The van der Waals surface area contributed by atoms with Crippen LogP contribution < -0.4 is 4.90 Å². The van der Waals surface area contributed by atoms with Gasteiger partial charge in [0.25, 0.3) is 5.91 Å². The van der Waals surface area contributed by atoms with Gasteiger partial charge in [0.15, 0.2) is 5.13 Å². The van der Waals surface area contributed by atoms with Crippen LogP contribution in [0.2, 0.25) is 15.1 Å². The zero-order chi connectivity index (χ0) is 20.4. The zero-order valence-corrected chi connectivity index (χ0v) is 18.5. The number of benzene rings is 2. The summed E-state index contributed by atoms with van der Waals surface area (Å²) >= 11 is 20.0. The number of thiazole rings is 1. The molecule has 1 amide bonds. The summed E-state index contributed by atoms with van der Waals surface area (Å²) in [5, 5.41) is 1.96. The van der Waals surface area contributed by atoms with Crippen LogP contribution >= 0.6 is 46.1 Å². The van der Waals surface area contributed by atoms with Gasteiger partial charge in [0, 0.05) is 31.2 Å². The summed E-state index contributed by atoms with van der Waals surface area (Å²) in [6, 6.07) is 10.5. The number of anilines is 1. The molecule has 9 heteroatoms. The highest BCUT2D eigenvalue weighted by Crippen LogP contribution is 2.34. The normalized spacial score (nSPS) is 15.0. The van der Waals surface area contributed by atoms with Gasteiger partial charge in [-0.25, -0.2) is 4.98 Å². The van der Waals surface area contributed by atoms with E-state index in [1.165, 1.54) is 11.3 Å². The number of hydrogen-bond donors (Lipinski definition) is 0. The van der Waals surface area contributed by atoms with E-state index in [4.69, 9.17) is 39.5 Å². The van der Waals surface area contributed by atoms with Crippen molar-refractivity contribution in [2.24, 2.45) is 0 Å². The molecule has 1 fully saturated rings. The molecule has 2 aromatic carbocycles. The summed E-state index contributed by atoms with van der Waals surface area (Å²) in [4.78, 5) is 22.0. The molecule has 2 heterocycles. The van der Waals surface area contributed by atoms with E-state index in [1.54, 1.807) is 29.2 Å². The standard InChI is InChI=1S/C20H18Cl3N3O2S/c21-13-4-5-14(16(23)12-13)19(27)26(7-6-25-8-10-28-11-9-25)20-24-18-15(22)2-1-3-17(18)29-20/h1-5,12H,6-11H2. The Kier molecular flexibility index (Phi) is 6.59. The lowest BCUT2D eigenvalue weighted by Crippen LogP contribution is -2.43. The van der Waals surface area contributed by atoms with E-state index in [0.717, 1.165) is 17.8 Å². The van der Waals surface area contributed by atoms with Crippen LogP contribution in [0.5, 0.6) is 0 Å². The molecule has 0 spiro atoms. The van der Waals surface area contributed by atoms with Crippen molar-refractivity contribution in [2.75, 3.05) is 44.3 Å². The molecule has 0 saturated carbocycles. The van der Waals surface area contributed by atoms with Crippen LogP contribution in [0.15, 0.2) is 36.4 Å². The maximum atomic E-state index is 13.4. The largest absolute Gasteiger partial charge is 0.379 e. The quantitative estimate of drug-likeness (QED) is 0.512. The monoisotopic (exact) mass is 469 g/mol. The van der Waals surface area contributed by atoms with Gasteiger partial charge in [-0.3, -0.25) is 14.6 Å². The van der Waals surface area contributed by atoms with E-state index in [0.29, 0.717) is 57.6 Å². The van der Waals surface area contributed by atoms with E-state index < -0.39 is 0 Å². The van der Waals surface area contributed by atoms with Crippen LogP contribution in [0.3, 0.4) is 0 Å². The molecule has 0 unspecified atom stereocenters. The first-order valence-corrected chi connectivity index (χ1v) is 11.1. The minimum absolute atomic E-state index is 0.213. The van der Waals surface area contributed by atoms with Gasteiger partial charge in [-0.05, 0) is 30.3 Å². The fraction of sp³-hybridized carbons (Fsp3) is 0.300. The minimum atomic E-state index is -0.213. The Morgan fingerprint density at radius 2 is 1.93 bits per heavy atom. The van der Waals surface area contributed by atoms with Crippen LogP contribution in [0.25, 0.3) is 10.2 Å². The molecule has 0 atom stereocenters. The van der Waals surface area contributed by atoms with Crippen molar-refractivity contribution in [1.82, 2.24) is 9.88 Å². The summed E-state index contributed by atoms with van der Waals surface area (Å²) in [7, 11) is 0. The Balaban J connectivity index is 1.67. The predicted octanol–water partition coefficient (Wildman–Crippen LogP) is 5.24. The lowest BCUT2D eigenvalue weighted by Gasteiger charge is -2.29. The first-order valence-electron chi connectivity index (χ1n) is 9.15. The van der Waals surface area contributed by atoms with Crippen molar-refractivity contribution in [3.8, 4) is 0 Å². The number of nitrogens with zero attached hydrogens (tertiary/aromatic N) is 3. The second-order valence-electron chi connectivity index (χ2n) is 6.62. The number of ether oxygens (including phenoxy) is 1. The van der Waals surface area contributed by atoms with Crippen LogP contribution in [0.1, 0.15) is 10.4 Å². The Hall–Kier alpha value is -1.41. The second kappa shape index (κ2) is 9.16. The van der Waals surface area contributed by atoms with Crippen LogP contribution in [0.4, 0.5) is 5.13 Å². The molecule has 0 radical (unpaired) electrons. The number of morpholine rings is 1. The SMILES string of the molecule is O=C(c1ccc(Cl)cc1Cl)N(CCN1CCOCC1)c1nc2c(Cl)cccc2s1. The lowest BCUT2D eigenvalue weighted by atomic mass is 10.2. The van der Waals surface area contributed by atoms with Gasteiger partial charge in [0.1, 0.15) is 5.52 Å². The summed E-state index contributed by atoms with van der Waals surface area (Å²) in [5.74, 6) is -0.213. The number of carbonyl (C=O) groups excluding carboxylic acids is 1. The van der Waals surface area contributed by atoms with Crippen molar-refractivity contribution in [1.29, 1.82) is 0 Å². The predicted molar refractivity (Wildman–Crippen MR) is 120 cm³/mol. The molecule has 29 heavy (non-hydrogen) atoms. The highest BCUT2D eigenvalue weighted by molar-refractivity contribution is 7.22. The third-order valence-electron chi connectivity index (χ3n) is 4.74. The van der Waals surface area contributed by atoms with E-state index in [1.807, 2.05) is 12.1 Å². The molecule has 1 saturated heterocycles. The van der Waals surface area contributed by atoms with Crippen molar-refractivity contribution >= 4 is 67.4 Å². The number of halogens is 3. The van der Waals surface area contributed by atoms with Gasteiger partial charge in [-0.15, -0.1) is 0 Å². The van der Waals surface area contributed by atoms with Crippen LogP contribution in [-0.2, 0) is 4.74 Å². The third-order valence-corrected chi connectivity index (χ3v) is 6.64. The molecular formula is C20H18Cl3N3O2S. The number of carbonyl (C=O) groups is 1. The van der Waals surface area contributed by atoms with Crippen LogP contribution in [0, 0.1) is 0 Å². The number of rotatable bonds is 5. The minimum Gasteiger partial charge on any atom is -0.379 e. The molecule has 0 bridgehead atoms. The third kappa shape index (κ3) is 4.68. The zero-order valence-electron chi connectivity index (χ0n) is 15.4. The molecule has 1 aliphatic rings. The summed E-state index contributed by atoms with van der Waals surface area (Å²) in [6.07, 6.45) is 0. The maximum absolute atomic E-state index is 13.4. The van der Waals surface area contributed by atoms with Gasteiger partial charge < -0.3 is 4.74 Å². The highest BCUT2D eigenvalue weighted by atomic mass is 35.5. The fourth-order valence-corrected chi connectivity index (χ4v) is 4.96. The second-order valence-corrected chi connectivity index (χ2v) is 8.88. The number of amides is 1. The van der Waals surface area contributed by atoms with E-state index in [2.05, 4.69) is 9.88 Å². The Morgan fingerprint density at radius 1 is 1.14 bits per heavy atom. The van der Waals surface area contributed by atoms with Crippen molar-refractivity contribution in [3.63, 3.8) is 0 Å². The average molecular weight is 471 g/mol. The fourth-order valence-electron chi connectivity index (χ4n) is 3.18. The van der Waals surface area contributed by atoms with Crippen LogP contribution in [-0.4, -0.2) is 55.2 Å². The molecule has 3 aromatic rings. The van der Waals surface area contributed by atoms with Gasteiger partial charge in [-0.1, -0.05) is 52.2 Å². The maximum Gasteiger partial charge on any atom is 0.261 e. The molecular weight excluding hydrogens is 453 g/mol. The molecule has 5 nitrogen and oxygen atoms in total. The van der Waals surface area contributed by atoms with Crippen molar-refractivity contribution < 1.29 is 9.53 Å². The van der Waals surface area contributed by atoms with Crippen molar-refractivity contribution in [3.05, 3.63) is 57.0 Å².